The smallest absolute Gasteiger partial charge is 0.410 e. The van der Waals surface area contributed by atoms with Gasteiger partial charge in [-0.15, -0.1) is 10.2 Å². The molecule has 0 spiro atoms. The van der Waals surface area contributed by atoms with Crippen LogP contribution in [0, 0.1) is 0 Å². The number of methoxy groups -OCH3 is 2. The molecule has 0 aliphatic carbocycles. The van der Waals surface area contributed by atoms with Crippen molar-refractivity contribution in [3.8, 4) is 22.9 Å². The monoisotopic (exact) mass is 613 g/mol. The number of benzene rings is 1. The molecule has 6 rings (SSSR count). The number of amides is 1. The number of nitrogens with zero attached hydrogens (tertiary/aromatic N) is 6. The molecule has 12 heteroatoms. The quantitative estimate of drug-likeness (QED) is 0.265. The van der Waals surface area contributed by atoms with Crippen molar-refractivity contribution in [3.05, 3.63) is 59.4 Å². The van der Waals surface area contributed by atoms with Crippen molar-refractivity contribution >= 4 is 28.6 Å². The van der Waals surface area contributed by atoms with Gasteiger partial charge in [0.2, 0.25) is 11.8 Å². The molecule has 1 N–H and O–H groups in total. The van der Waals surface area contributed by atoms with E-state index in [1.54, 1.807) is 19.1 Å². The molecule has 2 aliphatic heterocycles. The van der Waals surface area contributed by atoms with E-state index in [1.165, 1.54) is 0 Å². The van der Waals surface area contributed by atoms with E-state index >= 15 is 0 Å². The van der Waals surface area contributed by atoms with Crippen LogP contribution in [0.4, 0.5) is 10.7 Å². The van der Waals surface area contributed by atoms with Crippen LogP contribution in [-0.4, -0.2) is 82.4 Å². The van der Waals surface area contributed by atoms with Crippen LogP contribution < -0.4 is 14.4 Å². The molecule has 3 aromatic heterocycles. The molecule has 0 saturated heterocycles. The Hall–Kier alpha value is -4.71. The molecule has 12 nitrogen and oxygen atoms in total. The Kier molecular flexibility index (Phi) is 8.32. The molecule has 1 amide bonds. The Morgan fingerprint density at radius 1 is 1.09 bits per heavy atom. The Morgan fingerprint density at radius 3 is 2.64 bits per heavy atom. The molecule has 0 radical (unpaired) electrons. The van der Waals surface area contributed by atoms with Crippen LogP contribution in [0.15, 0.2) is 42.6 Å². The molecule has 0 saturated carbocycles. The molecule has 4 aromatic rings. The van der Waals surface area contributed by atoms with Crippen molar-refractivity contribution in [1.82, 2.24) is 30.0 Å². The van der Waals surface area contributed by atoms with Crippen LogP contribution >= 0.6 is 0 Å². The average Bonchev–Trinajstić information content (AvgIpc) is 3.42. The second-order valence-electron chi connectivity index (χ2n) is 12.2. The summed E-state index contributed by atoms with van der Waals surface area (Å²) in [4.78, 5) is 29.6. The summed E-state index contributed by atoms with van der Waals surface area (Å²) in [6.07, 6.45) is 4.97. The Labute approximate surface area is 262 Å². The van der Waals surface area contributed by atoms with E-state index < -0.39 is 5.60 Å². The molecular weight excluding hydrogens is 574 g/mol. The normalized spacial score (nSPS) is 16.8. The second kappa shape index (κ2) is 12.4. The number of carbonyl (C=O) groups excluding carboxylic acids is 1. The number of H-pyrrole nitrogens is 1. The number of hydrogen-bond donors (Lipinski definition) is 1. The lowest BCUT2D eigenvalue weighted by atomic mass is 9.97. The van der Waals surface area contributed by atoms with E-state index in [9.17, 15) is 4.79 Å². The van der Waals surface area contributed by atoms with Crippen molar-refractivity contribution in [2.45, 2.75) is 52.2 Å². The number of para-hydroxylation sites is 1. The van der Waals surface area contributed by atoms with Crippen molar-refractivity contribution in [2.24, 2.45) is 0 Å². The predicted molar refractivity (Wildman–Crippen MR) is 170 cm³/mol. The minimum atomic E-state index is -0.535. The molecule has 5 heterocycles. The van der Waals surface area contributed by atoms with Crippen LogP contribution in [-0.2, 0) is 15.9 Å². The van der Waals surface area contributed by atoms with Gasteiger partial charge in [-0.3, -0.25) is 0 Å². The highest BCUT2D eigenvalue weighted by molar-refractivity contribution is 5.86. The summed E-state index contributed by atoms with van der Waals surface area (Å²) < 4.78 is 22.2. The number of rotatable bonds is 7. The molecule has 236 valence electrons. The molecule has 0 fully saturated rings. The third-order valence-corrected chi connectivity index (χ3v) is 8.06. The van der Waals surface area contributed by atoms with Gasteiger partial charge in [0.25, 0.3) is 0 Å². The zero-order valence-corrected chi connectivity index (χ0v) is 26.6. The van der Waals surface area contributed by atoms with Crippen molar-refractivity contribution in [3.63, 3.8) is 0 Å². The average molecular weight is 614 g/mol. The van der Waals surface area contributed by atoms with Gasteiger partial charge < -0.3 is 33.7 Å². The number of ether oxygens (including phenoxy) is 4. The summed E-state index contributed by atoms with van der Waals surface area (Å²) in [6.45, 7) is 9.63. The molecule has 2 aliphatic rings. The van der Waals surface area contributed by atoms with Crippen LogP contribution in [0.1, 0.15) is 57.0 Å². The topological polar surface area (TPSA) is 128 Å². The standard InChI is InChI=1S/C33H39N7O5/c1-20-28-23-17-26(22-9-7-8-10-27(22)44-19-42-5)37-38-29(23)35-25(28)13-16-40(20)31-34-18-24(30(36-31)43-6)21-11-14-39(15-12-21)32(41)45-33(2,3)4/h7-11,17-18,20H,12-16,19H2,1-6H3,(H,35,38). The zero-order chi connectivity index (χ0) is 31.7. The highest BCUT2D eigenvalue weighted by atomic mass is 16.7. The molecule has 0 bridgehead atoms. The Bertz CT molecular complexity index is 1750. The fourth-order valence-corrected chi connectivity index (χ4v) is 5.93. The first kappa shape index (κ1) is 30.3. The van der Waals surface area contributed by atoms with Gasteiger partial charge in [0, 0.05) is 61.6 Å². The summed E-state index contributed by atoms with van der Waals surface area (Å²) in [5.41, 5.74) is 5.92. The first-order valence-corrected chi connectivity index (χ1v) is 15.1. The van der Waals surface area contributed by atoms with E-state index in [2.05, 4.69) is 33.1 Å². The van der Waals surface area contributed by atoms with E-state index in [0.29, 0.717) is 42.8 Å². The van der Waals surface area contributed by atoms with Crippen molar-refractivity contribution < 1.29 is 23.7 Å². The first-order chi connectivity index (χ1) is 21.7. The molecule has 1 unspecified atom stereocenters. The highest BCUT2D eigenvalue weighted by Gasteiger charge is 2.31. The van der Waals surface area contributed by atoms with Gasteiger partial charge in [-0.25, -0.2) is 9.78 Å². The summed E-state index contributed by atoms with van der Waals surface area (Å²) in [7, 11) is 3.22. The Morgan fingerprint density at radius 2 is 1.91 bits per heavy atom. The van der Waals surface area contributed by atoms with Gasteiger partial charge in [-0.1, -0.05) is 18.2 Å². The van der Waals surface area contributed by atoms with Crippen LogP contribution in [0.5, 0.6) is 11.6 Å². The van der Waals surface area contributed by atoms with Crippen LogP contribution in [0.3, 0.4) is 0 Å². The SMILES string of the molecule is COCOc1ccccc1-c1cc2c3c([nH]c2nn1)CCN(c1ncc(C2=CCN(C(=O)OC(C)(C)C)CC2)c(OC)n1)C3C. The molecule has 1 atom stereocenters. The fraction of sp³-hybridized carbons (Fsp3) is 0.424. The summed E-state index contributed by atoms with van der Waals surface area (Å²) in [5.74, 6) is 1.78. The van der Waals surface area contributed by atoms with Gasteiger partial charge in [0.05, 0.1) is 24.4 Å². The molecule has 45 heavy (non-hydrogen) atoms. The highest BCUT2D eigenvalue weighted by Crippen LogP contribution is 2.39. The lowest BCUT2D eigenvalue weighted by molar-refractivity contribution is 0.0270. The minimum absolute atomic E-state index is 0.0358. The summed E-state index contributed by atoms with van der Waals surface area (Å²) in [6, 6.07) is 9.76. The number of carbonyl (C=O) groups is 1. The third kappa shape index (κ3) is 6.15. The fourth-order valence-electron chi connectivity index (χ4n) is 5.93. The number of hydrogen-bond acceptors (Lipinski definition) is 10. The minimum Gasteiger partial charge on any atom is -0.480 e. The summed E-state index contributed by atoms with van der Waals surface area (Å²) in [5, 5.41) is 10.0. The van der Waals surface area contributed by atoms with E-state index in [0.717, 1.165) is 52.0 Å². The zero-order valence-electron chi connectivity index (χ0n) is 26.6. The van der Waals surface area contributed by atoms with Gasteiger partial charge in [0.1, 0.15) is 11.4 Å². The van der Waals surface area contributed by atoms with Gasteiger partial charge in [-0.05, 0) is 57.9 Å². The number of nitrogens with one attached hydrogen (secondary N) is 1. The Balaban J connectivity index is 1.26. The van der Waals surface area contributed by atoms with Gasteiger partial charge in [0.15, 0.2) is 12.4 Å². The van der Waals surface area contributed by atoms with Crippen molar-refractivity contribution in [2.75, 3.05) is 45.5 Å². The summed E-state index contributed by atoms with van der Waals surface area (Å²) >= 11 is 0. The van der Waals surface area contributed by atoms with E-state index in [4.69, 9.17) is 28.9 Å². The molecular formula is C33H39N7O5. The maximum absolute atomic E-state index is 12.5. The van der Waals surface area contributed by atoms with E-state index in [-0.39, 0.29) is 18.9 Å². The third-order valence-electron chi connectivity index (χ3n) is 8.06. The van der Waals surface area contributed by atoms with Crippen LogP contribution in [0.2, 0.25) is 0 Å². The van der Waals surface area contributed by atoms with E-state index in [1.807, 2.05) is 57.3 Å². The first-order valence-electron chi connectivity index (χ1n) is 15.1. The lowest BCUT2D eigenvalue weighted by Crippen LogP contribution is -2.39. The maximum Gasteiger partial charge on any atom is 0.410 e. The van der Waals surface area contributed by atoms with Gasteiger partial charge >= 0.3 is 6.09 Å². The number of fused-ring (bicyclic) bond motifs is 3. The van der Waals surface area contributed by atoms with Gasteiger partial charge in [-0.2, -0.15) is 4.98 Å². The second-order valence-corrected chi connectivity index (χ2v) is 12.2. The number of aromatic nitrogens is 5. The predicted octanol–water partition coefficient (Wildman–Crippen LogP) is 5.55. The molecule has 1 aromatic carbocycles. The number of aromatic amines is 1. The number of anilines is 1. The van der Waals surface area contributed by atoms with Crippen molar-refractivity contribution in [1.29, 1.82) is 0 Å². The largest absolute Gasteiger partial charge is 0.480 e. The lowest BCUT2D eigenvalue weighted by Gasteiger charge is -2.34. The van der Waals surface area contributed by atoms with Crippen LogP contribution in [0.25, 0.3) is 27.9 Å². The maximum atomic E-state index is 12.5.